The molecule has 9 aromatic rings. The molecule has 278 valence electrons. The minimum absolute atomic E-state index is 0.0500. The van der Waals surface area contributed by atoms with Gasteiger partial charge in [-0.3, -0.25) is 0 Å². The standard InChI is InChI=1S/C40H19F12N3/c41-37(42,43)19-1-9-33-27(13-19)28-14-20(38(44,45)46)2-10-34(28)54(33)23-5-7-31-25(17-23)26-18-24(6-8-32(26)53-31)55-35-11-3-21(39(47,48)49)15-29(35)30-16-22(40(50,51)52)4-12-36(30)55/h1-18,53H. The van der Waals surface area contributed by atoms with Gasteiger partial charge in [-0.15, -0.1) is 0 Å². The van der Waals surface area contributed by atoms with Gasteiger partial charge in [0.2, 0.25) is 0 Å². The second-order valence-electron chi connectivity index (χ2n) is 13.2. The zero-order chi connectivity index (χ0) is 39.0. The summed E-state index contributed by atoms with van der Waals surface area (Å²) in [5.41, 5.74) is -1.30. The van der Waals surface area contributed by atoms with E-state index < -0.39 is 47.0 Å². The van der Waals surface area contributed by atoms with Crippen molar-refractivity contribution in [3.8, 4) is 11.4 Å². The minimum atomic E-state index is -4.76. The summed E-state index contributed by atoms with van der Waals surface area (Å²) in [6.45, 7) is 0. The Balaban J connectivity index is 1.27. The second kappa shape index (κ2) is 11.2. The minimum Gasteiger partial charge on any atom is -0.355 e. The van der Waals surface area contributed by atoms with Gasteiger partial charge in [0.15, 0.2) is 0 Å². The van der Waals surface area contributed by atoms with E-state index in [1.807, 2.05) is 0 Å². The third-order valence-electron chi connectivity index (χ3n) is 9.92. The van der Waals surface area contributed by atoms with E-state index in [0.717, 1.165) is 48.5 Å². The van der Waals surface area contributed by atoms with E-state index >= 15 is 0 Å². The number of H-pyrrole nitrogens is 1. The van der Waals surface area contributed by atoms with E-state index in [2.05, 4.69) is 4.98 Å². The summed E-state index contributed by atoms with van der Waals surface area (Å²) < 4.78 is 168. The summed E-state index contributed by atoms with van der Waals surface area (Å²) in [6.07, 6.45) is -19.0. The molecule has 0 fully saturated rings. The van der Waals surface area contributed by atoms with Gasteiger partial charge in [-0.1, -0.05) is 0 Å². The van der Waals surface area contributed by atoms with E-state index in [1.165, 1.54) is 24.3 Å². The first-order valence-corrected chi connectivity index (χ1v) is 16.3. The normalized spacial score (nSPS) is 13.5. The van der Waals surface area contributed by atoms with Crippen LogP contribution < -0.4 is 0 Å². The second-order valence-corrected chi connectivity index (χ2v) is 13.2. The Morgan fingerprint density at radius 1 is 0.309 bits per heavy atom. The van der Waals surface area contributed by atoms with Gasteiger partial charge >= 0.3 is 24.7 Å². The molecule has 55 heavy (non-hydrogen) atoms. The van der Waals surface area contributed by atoms with Gasteiger partial charge in [0.05, 0.1) is 44.3 Å². The topological polar surface area (TPSA) is 25.6 Å². The maximum atomic E-state index is 13.8. The fourth-order valence-corrected chi connectivity index (χ4v) is 7.46. The molecular formula is C40H19F12N3. The molecule has 0 amide bonds. The van der Waals surface area contributed by atoms with Crippen molar-refractivity contribution in [1.82, 2.24) is 14.1 Å². The van der Waals surface area contributed by atoms with Gasteiger partial charge in [-0.05, 0) is 109 Å². The third-order valence-corrected chi connectivity index (χ3v) is 9.92. The van der Waals surface area contributed by atoms with Crippen LogP contribution in [0, 0.1) is 0 Å². The summed E-state index contributed by atoms with van der Waals surface area (Å²) in [6, 6.07) is 21.5. The lowest BCUT2D eigenvalue weighted by Gasteiger charge is -2.11. The molecule has 0 bridgehead atoms. The maximum Gasteiger partial charge on any atom is 0.416 e. The average molecular weight is 770 g/mol. The van der Waals surface area contributed by atoms with Gasteiger partial charge in [0.25, 0.3) is 0 Å². The Hall–Kier alpha value is -6.12. The molecule has 0 aliphatic heterocycles. The molecular weight excluding hydrogens is 750 g/mol. The highest BCUT2D eigenvalue weighted by Crippen LogP contribution is 2.43. The Kier molecular flexibility index (Phi) is 7.06. The number of nitrogens with one attached hydrogen (secondary N) is 1. The highest BCUT2D eigenvalue weighted by Gasteiger charge is 2.35. The van der Waals surface area contributed by atoms with E-state index in [-0.39, 0.29) is 43.6 Å². The van der Waals surface area contributed by atoms with Crippen LogP contribution in [0.4, 0.5) is 52.7 Å². The van der Waals surface area contributed by atoms with E-state index in [4.69, 9.17) is 0 Å². The Morgan fingerprint density at radius 3 is 0.836 bits per heavy atom. The molecule has 0 atom stereocenters. The fraction of sp³-hybridized carbons (Fsp3) is 0.100. The predicted octanol–water partition coefficient (Wildman–Crippen LogP) is 13.6. The van der Waals surface area contributed by atoms with Crippen LogP contribution in [0.5, 0.6) is 0 Å². The molecule has 0 saturated heterocycles. The largest absolute Gasteiger partial charge is 0.416 e. The van der Waals surface area contributed by atoms with Crippen LogP contribution >= 0.6 is 0 Å². The molecule has 15 heteroatoms. The van der Waals surface area contributed by atoms with Gasteiger partial charge in [-0.2, -0.15) is 52.7 Å². The van der Waals surface area contributed by atoms with E-state index in [1.54, 1.807) is 45.5 Å². The zero-order valence-electron chi connectivity index (χ0n) is 27.3. The van der Waals surface area contributed by atoms with Crippen LogP contribution in [0.3, 0.4) is 0 Å². The van der Waals surface area contributed by atoms with Crippen molar-refractivity contribution >= 4 is 65.4 Å². The molecule has 3 aromatic heterocycles. The SMILES string of the molecule is FC(F)(F)c1ccc2c(c1)c1cc(C(F)(F)F)ccc1n2-c1ccc2[nH]c3ccc(-n4c5ccc(C(F)(F)F)cc5c5cc(C(F)(F)F)ccc54)cc3c2c1. The molecule has 0 radical (unpaired) electrons. The molecule has 1 N–H and O–H groups in total. The predicted molar refractivity (Wildman–Crippen MR) is 184 cm³/mol. The van der Waals surface area contributed by atoms with Gasteiger partial charge in [0, 0.05) is 54.7 Å². The quantitative estimate of drug-likeness (QED) is 0.170. The number of nitrogens with zero attached hydrogens (tertiary/aromatic N) is 2. The van der Waals surface area contributed by atoms with Crippen molar-refractivity contribution in [3.05, 3.63) is 131 Å². The van der Waals surface area contributed by atoms with Crippen LogP contribution in [0.15, 0.2) is 109 Å². The number of alkyl halides is 12. The Labute approximate surface area is 299 Å². The summed E-state index contributed by atoms with van der Waals surface area (Å²) in [5, 5.41) is 0.944. The van der Waals surface area contributed by atoms with Gasteiger partial charge in [0.1, 0.15) is 0 Å². The number of rotatable bonds is 2. The molecule has 9 rings (SSSR count). The first-order chi connectivity index (χ1) is 25.8. The lowest BCUT2D eigenvalue weighted by Crippen LogP contribution is -2.04. The highest BCUT2D eigenvalue weighted by atomic mass is 19.4. The molecule has 0 aliphatic carbocycles. The van der Waals surface area contributed by atoms with Crippen molar-refractivity contribution in [2.45, 2.75) is 24.7 Å². The fourth-order valence-electron chi connectivity index (χ4n) is 7.46. The number of hydrogen-bond acceptors (Lipinski definition) is 0. The maximum absolute atomic E-state index is 13.8. The smallest absolute Gasteiger partial charge is 0.355 e. The zero-order valence-corrected chi connectivity index (χ0v) is 27.3. The highest BCUT2D eigenvalue weighted by molar-refractivity contribution is 6.13. The number of aromatic amines is 1. The summed E-state index contributed by atoms with van der Waals surface area (Å²) >= 11 is 0. The number of benzene rings is 6. The lowest BCUT2D eigenvalue weighted by atomic mass is 10.1. The first-order valence-electron chi connectivity index (χ1n) is 16.3. The molecule has 0 spiro atoms. The van der Waals surface area contributed by atoms with Crippen LogP contribution in [0.1, 0.15) is 22.3 Å². The molecule has 0 saturated carbocycles. The molecule has 3 nitrogen and oxygen atoms in total. The molecule has 6 aromatic carbocycles. The number of aromatic nitrogens is 3. The summed E-state index contributed by atoms with van der Waals surface area (Å²) in [4.78, 5) is 3.25. The molecule has 0 aliphatic rings. The van der Waals surface area contributed by atoms with Crippen molar-refractivity contribution in [1.29, 1.82) is 0 Å². The molecule has 0 unspecified atom stereocenters. The third kappa shape index (κ3) is 5.46. The van der Waals surface area contributed by atoms with Crippen molar-refractivity contribution in [3.63, 3.8) is 0 Å². The van der Waals surface area contributed by atoms with E-state index in [9.17, 15) is 52.7 Å². The number of hydrogen-bond donors (Lipinski definition) is 1. The van der Waals surface area contributed by atoms with Crippen LogP contribution in [-0.2, 0) is 24.7 Å². The number of halogens is 12. The monoisotopic (exact) mass is 769 g/mol. The van der Waals surface area contributed by atoms with Crippen LogP contribution in [0.2, 0.25) is 0 Å². The van der Waals surface area contributed by atoms with Crippen molar-refractivity contribution in [2.75, 3.05) is 0 Å². The van der Waals surface area contributed by atoms with Crippen molar-refractivity contribution < 1.29 is 52.7 Å². The lowest BCUT2D eigenvalue weighted by molar-refractivity contribution is -0.138. The Bertz CT molecular complexity index is 2700. The van der Waals surface area contributed by atoms with Crippen LogP contribution in [-0.4, -0.2) is 14.1 Å². The molecule has 3 heterocycles. The Morgan fingerprint density at radius 2 is 0.582 bits per heavy atom. The summed E-state index contributed by atoms with van der Waals surface area (Å²) in [7, 11) is 0. The summed E-state index contributed by atoms with van der Waals surface area (Å²) in [5.74, 6) is 0. The van der Waals surface area contributed by atoms with E-state index in [0.29, 0.717) is 33.2 Å². The van der Waals surface area contributed by atoms with Gasteiger partial charge in [-0.25, -0.2) is 0 Å². The van der Waals surface area contributed by atoms with Crippen LogP contribution in [0.25, 0.3) is 76.8 Å². The van der Waals surface area contributed by atoms with Crippen molar-refractivity contribution in [2.24, 2.45) is 0 Å². The first kappa shape index (κ1) is 34.6. The number of fused-ring (bicyclic) bond motifs is 9. The van der Waals surface area contributed by atoms with Gasteiger partial charge < -0.3 is 14.1 Å². The average Bonchev–Trinajstić information content (AvgIpc) is 3.75.